The van der Waals surface area contributed by atoms with Crippen LogP contribution in [0.15, 0.2) is 0 Å². The minimum Gasteiger partial charge on any atom is -0.480 e. The van der Waals surface area contributed by atoms with Gasteiger partial charge in [-0.15, -0.1) is 11.6 Å². The second-order valence-corrected chi connectivity index (χ2v) is 4.20. The van der Waals surface area contributed by atoms with Crippen molar-refractivity contribution in [1.82, 2.24) is 0 Å². The minimum absolute atomic E-state index is 0.584. The molecule has 0 saturated heterocycles. The average molecular weight is 207 g/mol. The molecule has 0 aliphatic carbocycles. The van der Waals surface area contributed by atoms with Crippen molar-refractivity contribution in [2.24, 2.45) is 0 Å². The van der Waals surface area contributed by atoms with Crippen LogP contribution in [0.5, 0.6) is 0 Å². The summed E-state index contributed by atoms with van der Waals surface area (Å²) in [5.74, 6) is -0.865. The zero-order valence-corrected chi connectivity index (χ0v) is 9.23. The molecule has 0 amide bonds. The molecule has 0 aliphatic heterocycles. The summed E-state index contributed by atoms with van der Waals surface area (Å²) in [6, 6.07) is 0. The van der Waals surface area contributed by atoms with Crippen LogP contribution in [-0.4, -0.2) is 16.0 Å². The smallest absolute Gasteiger partial charge is 0.324 e. The number of unbranched alkanes of at least 4 members (excludes halogenated alkanes) is 2. The molecule has 3 heteroatoms. The van der Waals surface area contributed by atoms with Crippen LogP contribution in [0.25, 0.3) is 0 Å². The Kier molecular flexibility index (Phi) is 6.13. The van der Waals surface area contributed by atoms with Crippen molar-refractivity contribution >= 4 is 17.6 Å². The highest BCUT2D eigenvalue weighted by atomic mass is 35.5. The first-order valence-corrected chi connectivity index (χ1v) is 5.37. The van der Waals surface area contributed by atoms with E-state index in [-0.39, 0.29) is 0 Å². The van der Waals surface area contributed by atoms with Gasteiger partial charge in [-0.1, -0.05) is 39.5 Å². The fraction of sp³-hybridized carbons (Fsp3) is 0.900. The zero-order valence-electron chi connectivity index (χ0n) is 8.48. The Balaban J connectivity index is 4.08. The van der Waals surface area contributed by atoms with E-state index < -0.39 is 10.8 Å². The maximum Gasteiger partial charge on any atom is 0.324 e. The third-order valence-electron chi connectivity index (χ3n) is 2.24. The summed E-state index contributed by atoms with van der Waals surface area (Å²) >= 11 is 6.03. The maximum absolute atomic E-state index is 10.9. The first-order chi connectivity index (χ1) is 6.06. The van der Waals surface area contributed by atoms with Gasteiger partial charge in [-0.3, -0.25) is 4.79 Å². The lowest BCUT2D eigenvalue weighted by atomic mass is 9.95. The lowest BCUT2D eigenvalue weighted by molar-refractivity contribution is -0.140. The number of rotatable bonds is 7. The number of carbonyl (C=O) groups is 1. The van der Waals surface area contributed by atoms with Gasteiger partial charge in [-0.05, 0) is 12.8 Å². The molecule has 0 heterocycles. The molecule has 0 aromatic heterocycles. The van der Waals surface area contributed by atoms with Crippen molar-refractivity contribution in [3.8, 4) is 0 Å². The van der Waals surface area contributed by atoms with E-state index in [2.05, 4.69) is 0 Å². The number of aliphatic carboxylic acids is 1. The molecule has 0 aliphatic rings. The number of alkyl halides is 1. The van der Waals surface area contributed by atoms with Crippen LogP contribution < -0.4 is 0 Å². The van der Waals surface area contributed by atoms with Gasteiger partial charge in [0.15, 0.2) is 0 Å². The number of halogens is 1. The van der Waals surface area contributed by atoms with E-state index in [0.717, 1.165) is 25.7 Å². The Morgan fingerprint density at radius 1 is 1.23 bits per heavy atom. The molecule has 0 saturated carbocycles. The van der Waals surface area contributed by atoms with Gasteiger partial charge in [0, 0.05) is 0 Å². The summed E-state index contributed by atoms with van der Waals surface area (Å²) in [5, 5.41) is 8.95. The quantitative estimate of drug-likeness (QED) is 0.648. The third kappa shape index (κ3) is 4.51. The molecule has 2 nitrogen and oxygen atoms in total. The predicted octanol–water partition coefficient (Wildman–Crippen LogP) is 3.43. The van der Waals surface area contributed by atoms with Crippen molar-refractivity contribution < 1.29 is 9.90 Å². The van der Waals surface area contributed by atoms with Crippen LogP contribution in [0.1, 0.15) is 52.4 Å². The second kappa shape index (κ2) is 6.25. The minimum atomic E-state index is -1.01. The number of hydrogen-bond donors (Lipinski definition) is 1. The van der Waals surface area contributed by atoms with Crippen molar-refractivity contribution in [3.05, 3.63) is 0 Å². The van der Waals surface area contributed by atoms with E-state index in [1.165, 1.54) is 0 Å². The highest BCUT2D eigenvalue weighted by Crippen LogP contribution is 2.29. The van der Waals surface area contributed by atoms with Crippen LogP contribution >= 0.6 is 11.6 Å². The third-order valence-corrected chi connectivity index (χ3v) is 2.78. The molecule has 1 N–H and O–H groups in total. The topological polar surface area (TPSA) is 37.3 Å². The molecule has 0 spiro atoms. The molecule has 0 aromatic carbocycles. The largest absolute Gasteiger partial charge is 0.480 e. The van der Waals surface area contributed by atoms with Crippen molar-refractivity contribution in [2.75, 3.05) is 0 Å². The molecule has 0 unspecified atom stereocenters. The lowest BCUT2D eigenvalue weighted by Crippen LogP contribution is -2.32. The van der Waals surface area contributed by atoms with Crippen molar-refractivity contribution in [1.29, 1.82) is 0 Å². The monoisotopic (exact) mass is 206 g/mol. The Bertz CT molecular complexity index is 149. The zero-order chi connectivity index (χ0) is 10.3. The second-order valence-electron chi connectivity index (χ2n) is 3.48. The van der Waals surface area contributed by atoms with Gasteiger partial charge in [0.25, 0.3) is 0 Å². The summed E-state index contributed by atoms with van der Waals surface area (Å²) in [5.41, 5.74) is 0. The van der Waals surface area contributed by atoms with Gasteiger partial charge in [0.2, 0.25) is 0 Å². The molecule has 0 fully saturated rings. The predicted molar refractivity (Wildman–Crippen MR) is 55.3 cm³/mol. The SMILES string of the molecule is CCCCC(Cl)(CCCC)C(=O)O. The fourth-order valence-electron chi connectivity index (χ4n) is 1.25. The van der Waals surface area contributed by atoms with Crippen LogP contribution in [0, 0.1) is 0 Å². The normalized spacial score (nSPS) is 11.6. The molecule has 0 rings (SSSR count). The number of carboxylic acids is 1. The molecule has 13 heavy (non-hydrogen) atoms. The van der Waals surface area contributed by atoms with Gasteiger partial charge in [0.05, 0.1) is 0 Å². The van der Waals surface area contributed by atoms with E-state index in [1.54, 1.807) is 0 Å². The van der Waals surface area contributed by atoms with E-state index in [4.69, 9.17) is 16.7 Å². The van der Waals surface area contributed by atoms with Gasteiger partial charge in [-0.25, -0.2) is 0 Å². The summed E-state index contributed by atoms with van der Waals surface area (Å²) in [6.07, 6.45) is 4.93. The summed E-state index contributed by atoms with van der Waals surface area (Å²) in [4.78, 5) is 9.89. The standard InChI is InChI=1S/C10H19ClO2/c1-3-5-7-10(11,9(12)13)8-6-4-2/h3-8H2,1-2H3,(H,12,13). The summed E-state index contributed by atoms with van der Waals surface area (Å²) in [7, 11) is 0. The molecule has 0 atom stereocenters. The molecule has 78 valence electrons. The maximum atomic E-state index is 10.9. The molecule has 0 radical (unpaired) electrons. The highest BCUT2D eigenvalue weighted by molar-refractivity contribution is 6.33. The average Bonchev–Trinajstić information content (AvgIpc) is 2.11. The number of hydrogen-bond acceptors (Lipinski definition) is 1. The van der Waals surface area contributed by atoms with E-state index in [0.29, 0.717) is 12.8 Å². The highest BCUT2D eigenvalue weighted by Gasteiger charge is 2.34. The Labute approximate surface area is 85.3 Å². The fourth-order valence-corrected chi connectivity index (χ4v) is 1.52. The molecular formula is C10H19ClO2. The first-order valence-electron chi connectivity index (χ1n) is 4.99. The van der Waals surface area contributed by atoms with Gasteiger partial charge in [-0.2, -0.15) is 0 Å². The van der Waals surface area contributed by atoms with Crippen molar-refractivity contribution in [3.63, 3.8) is 0 Å². The summed E-state index contributed by atoms with van der Waals surface area (Å²) < 4.78 is 0. The summed E-state index contributed by atoms with van der Waals surface area (Å²) in [6.45, 7) is 4.08. The van der Waals surface area contributed by atoms with Gasteiger partial charge >= 0.3 is 5.97 Å². The van der Waals surface area contributed by atoms with Gasteiger partial charge in [0.1, 0.15) is 4.87 Å². The van der Waals surface area contributed by atoms with Crippen LogP contribution in [-0.2, 0) is 4.79 Å². The molecule has 0 aromatic rings. The van der Waals surface area contributed by atoms with Crippen LogP contribution in [0.4, 0.5) is 0 Å². The van der Waals surface area contributed by atoms with E-state index >= 15 is 0 Å². The Hall–Kier alpha value is -0.240. The Morgan fingerprint density at radius 2 is 1.62 bits per heavy atom. The van der Waals surface area contributed by atoms with Crippen LogP contribution in [0.2, 0.25) is 0 Å². The molecular weight excluding hydrogens is 188 g/mol. The van der Waals surface area contributed by atoms with Gasteiger partial charge < -0.3 is 5.11 Å². The Morgan fingerprint density at radius 3 is 1.85 bits per heavy atom. The lowest BCUT2D eigenvalue weighted by Gasteiger charge is -2.21. The van der Waals surface area contributed by atoms with E-state index in [1.807, 2.05) is 13.8 Å². The first kappa shape index (κ1) is 12.8. The van der Waals surface area contributed by atoms with E-state index in [9.17, 15) is 4.79 Å². The number of carboxylic acid groups (broad SMARTS) is 1. The van der Waals surface area contributed by atoms with Crippen LogP contribution in [0.3, 0.4) is 0 Å². The molecule has 0 bridgehead atoms. The van der Waals surface area contributed by atoms with Crippen molar-refractivity contribution in [2.45, 2.75) is 57.2 Å².